The third-order valence-electron chi connectivity index (χ3n) is 7.51. The number of alkyl halides is 1. The molecule has 3 rings (SSSR count). The topological polar surface area (TPSA) is 110 Å². The number of allylic oxidation sites excluding steroid dienone is 2. The van der Waals surface area contributed by atoms with Gasteiger partial charge in [-0.1, -0.05) is 61.0 Å². The van der Waals surface area contributed by atoms with Gasteiger partial charge in [0, 0.05) is 49.3 Å². The van der Waals surface area contributed by atoms with Crippen LogP contribution < -0.4 is 16.4 Å². The monoisotopic (exact) mass is 665 g/mol. The Labute approximate surface area is 286 Å². The van der Waals surface area contributed by atoms with Gasteiger partial charge in [-0.3, -0.25) is 9.89 Å². The van der Waals surface area contributed by atoms with E-state index in [0.717, 1.165) is 24.5 Å². The summed E-state index contributed by atoms with van der Waals surface area (Å²) in [6.45, 7) is 17.2. The lowest BCUT2D eigenvalue weighted by atomic mass is 9.85. The second-order valence-electron chi connectivity index (χ2n) is 10.4. The maximum atomic E-state index is 13.0. The molecule has 10 heteroatoms. The van der Waals surface area contributed by atoms with E-state index >= 15 is 0 Å². The van der Waals surface area contributed by atoms with Crippen molar-refractivity contribution in [3.05, 3.63) is 107 Å². The number of piperazine rings is 1. The number of amidine groups is 1. The highest BCUT2D eigenvalue weighted by Crippen LogP contribution is 2.37. The number of carbonyl (C=O) groups is 1. The van der Waals surface area contributed by atoms with Gasteiger partial charge >= 0.3 is 6.03 Å². The summed E-state index contributed by atoms with van der Waals surface area (Å²) in [5, 5.41) is 15.6. The molecule has 1 saturated heterocycles. The van der Waals surface area contributed by atoms with E-state index in [1.165, 1.54) is 23.7 Å². The summed E-state index contributed by atoms with van der Waals surface area (Å²) in [4.78, 5) is 21.8. The zero-order chi connectivity index (χ0) is 34.5. The second-order valence-corrected chi connectivity index (χ2v) is 10.8. The van der Waals surface area contributed by atoms with E-state index in [-0.39, 0.29) is 18.0 Å². The Morgan fingerprint density at radius 2 is 1.76 bits per heavy atom. The van der Waals surface area contributed by atoms with E-state index in [4.69, 9.17) is 22.6 Å². The minimum atomic E-state index is -0.129. The van der Waals surface area contributed by atoms with Crippen LogP contribution in [-0.4, -0.2) is 60.8 Å². The Balaban J connectivity index is 0.00000163. The van der Waals surface area contributed by atoms with Crippen molar-refractivity contribution in [1.82, 2.24) is 15.1 Å². The van der Waals surface area contributed by atoms with Gasteiger partial charge < -0.3 is 21.3 Å². The van der Waals surface area contributed by atoms with Gasteiger partial charge in [0.2, 0.25) is 0 Å². The quantitative estimate of drug-likeness (QED) is 0.108. The van der Waals surface area contributed by atoms with Gasteiger partial charge in [-0.05, 0) is 93.5 Å². The summed E-state index contributed by atoms with van der Waals surface area (Å²) in [5.74, 6) is 1.07. The number of nitrogens with one attached hydrogen (secondary N) is 2. The van der Waals surface area contributed by atoms with Crippen LogP contribution in [0.4, 0.5) is 10.5 Å². The summed E-state index contributed by atoms with van der Waals surface area (Å²) in [5.41, 5.74) is 9.67. The number of hydrogen-bond acceptors (Lipinski definition) is 5. The van der Waals surface area contributed by atoms with Gasteiger partial charge in [-0.15, -0.1) is 11.6 Å². The fourth-order valence-electron chi connectivity index (χ4n) is 4.85. The fourth-order valence-corrected chi connectivity index (χ4v) is 5.03. The lowest BCUT2D eigenvalue weighted by molar-refractivity contribution is 0.0948. The van der Waals surface area contributed by atoms with Crippen molar-refractivity contribution < 1.29 is 4.79 Å². The number of anilines is 1. The fraction of sp³-hybridized carbons (Fsp3) is 0.361. The Bertz CT molecular complexity index is 1380. The van der Waals surface area contributed by atoms with Gasteiger partial charge in [-0.2, -0.15) is 5.26 Å². The van der Waals surface area contributed by atoms with Crippen molar-refractivity contribution >= 4 is 46.8 Å². The third kappa shape index (κ3) is 13.1. The van der Waals surface area contributed by atoms with Crippen LogP contribution in [0.1, 0.15) is 57.4 Å². The molecule has 2 atom stereocenters. The van der Waals surface area contributed by atoms with Crippen molar-refractivity contribution in [2.75, 3.05) is 44.4 Å². The third-order valence-corrected chi connectivity index (χ3v) is 7.74. The summed E-state index contributed by atoms with van der Waals surface area (Å²) in [7, 11) is 0. The molecule has 2 amide bonds. The molecule has 46 heavy (non-hydrogen) atoms. The molecule has 1 aliphatic rings. The van der Waals surface area contributed by atoms with E-state index in [9.17, 15) is 4.79 Å². The normalized spacial score (nSPS) is 15.2. The van der Waals surface area contributed by atoms with Crippen LogP contribution in [0, 0.1) is 17.2 Å². The van der Waals surface area contributed by atoms with Gasteiger partial charge in [0.15, 0.2) is 0 Å². The van der Waals surface area contributed by atoms with Crippen LogP contribution in [-0.2, 0) is 0 Å². The van der Waals surface area contributed by atoms with E-state index in [1.54, 1.807) is 36.5 Å². The van der Waals surface area contributed by atoms with Crippen molar-refractivity contribution in [2.24, 2.45) is 16.6 Å². The number of urea groups is 1. The first-order valence-corrected chi connectivity index (χ1v) is 16.3. The summed E-state index contributed by atoms with van der Waals surface area (Å²) in [6.07, 6.45) is 12.7. The number of benzene rings is 2. The molecular weight excluding hydrogens is 617 g/mol. The number of rotatable bonds is 9. The highest BCUT2D eigenvalue weighted by Gasteiger charge is 2.32. The van der Waals surface area contributed by atoms with E-state index < -0.39 is 0 Å². The molecule has 2 aromatic rings. The van der Waals surface area contributed by atoms with E-state index in [2.05, 4.69) is 83.8 Å². The molecule has 0 saturated carbocycles. The van der Waals surface area contributed by atoms with Crippen molar-refractivity contribution in [3.8, 4) is 6.07 Å². The molecule has 0 aromatic heterocycles. The van der Waals surface area contributed by atoms with Crippen molar-refractivity contribution in [3.63, 3.8) is 0 Å². The summed E-state index contributed by atoms with van der Waals surface area (Å²) in [6, 6.07) is 15.1. The largest absolute Gasteiger partial charge is 0.405 e. The number of aliphatic imine (C=N–C) groups is 1. The average molecular weight is 667 g/mol. The molecule has 1 fully saturated rings. The molecule has 8 nitrogen and oxygen atoms in total. The Morgan fingerprint density at radius 3 is 2.30 bits per heavy atom. The van der Waals surface area contributed by atoms with Crippen molar-refractivity contribution in [1.29, 1.82) is 5.26 Å². The van der Waals surface area contributed by atoms with E-state index in [0.29, 0.717) is 35.9 Å². The molecule has 2 aromatic carbocycles. The molecule has 0 bridgehead atoms. The van der Waals surface area contributed by atoms with Crippen LogP contribution >= 0.6 is 23.2 Å². The van der Waals surface area contributed by atoms with Gasteiger partial charge in [0.05, 0.1) is 24.0 Å². The molecule has 0 spiro atoms. The number of nitrogens with zero attached hydrogens (tertiary/aromatic N) is 4. The highest BCUT2D eigenvalue weighted by molar-refractivity contribution is 6.30. The first-order chi connectivity index (χ1) is 22.2. The predicted molar refractivity (Wildman–Crippen MR) is 197 cm³/mol. The predicted octanol–water partition coefficient (Wildman–Crippen LogP) is 8.20. The second kappa shape index (κ2) is 22.5. The SMILES string of the molecule is C/C=C\N.C=CNC(C)=NC/C=C/c1cc(Cl)ccc1C(C(C)/C(C)=C\C)N1CCN(C(=O)Nc2ccc(C#N)cc2)CC1.CCl. The standard InChI is InChI=1S/C32H39ClN6O.C3H7N.CH3Cl/c1-6-23(3)24(4)31(30-15-12-28(33)21-27(30)9-8-16-36-25(5)35-7-2)38-17-19-39(20-18-38)32(40)37-29-13-10-26(22-34)11-14-29;1-2-3-4;1-2/h6-15,21,24,31H,2,16-20H2,1,3-5H3,(H,35,36)(H,37,40);2-3H,4H2,1H3;1H3/b9-8+,23-6-;3-2-;. The minimum Gasteiger partial charge on any atom is -0.405 e. The number of hydrogen-bond donors (Lipinski definition) is 3. The Morgan fingerprint density at radius 1 is 1.13 bits per heavy atom. The molecular formula is C36H49Cl2N7O. The number of nitriles is 1. The molecule has 0 aliphatic carbocycles. The van der Waals surface area contributed by atoms with Gasteiger partial charge in [-0.25, -0.2) is 4.79 Å². The lowest BCUT2D eigenvalue weighted by Crippen LogP contribution is -2.51. The lowest BCUT2D eigenvalue weighted by Gasteiger charge is -2.42. The highest BCUT2D eigenvalue weighted by atomic mass is 35.5. The zero-order valence-corrected chi connectivity index (χ0v) is 29.4. The van der Waals surface area contributed by atoms with Crippen LogP contribution in [0.25, 0.3) is 6.08 Å². The maximum absolute atomic E-state index is 13.0. The summed E-state index contributed by atoms with van der Waals surface area (Å²) >= 11 is 11.1. The molecule has 248 valence electrons. The van der Waals surface area contributed by atoms with E-state index in [1.807, 2.05) is 37.0 Å². The Kier molecular flexibility index (Phi) is 19.5. The van der Waals surface area contributed by atoms with Crippen LogP contribution in [0.2, 0.25) is 5.02 Å². The Hall–Kier alpha value is -4.03. The van der Waals surface area contributed by atoms with Crippen LogP contribution in [0.5, 0.6) is 0 Å². The molecule has 0 radical (unpaired) electrons. The molecule has 2 unspecified atom stereocenters. The molecule has 1 aliphatic heterocycles. The first-order valence-electron chi connectivity index (χ1n) is 15.2. The smallest absolute Gasteiger partial charge is 0.321 e. The molecule has 4 N–H and O–H groups in total. The zero-order valence-electron chi connectivity index (χ0n) is 27.9. The molecule has 1 heterocycles. The number of nitrogens with two attached hydrogens (primary N) is 1. The number of halogens is 2. The number of amides is 2. The number of carbonyl (C=O) groups excluding carboxylic acids is 1. The first kappa shape index (κ1) is 40.0. The van der Waals surface area contributed by atoms with Crippen LogP contribution in [0.3, 0.4) is 0 Å². The van der Waals surface area contributed by atoms with Crippen molar-refractivity contribution in [2.45, 2.75) is 40.7 Å². The van der Waals surface area contributed by atoms with Crippen LogP contribution in [0.15, 0.2) is 90.2 Å². The van der Waals surface area contributed by atoms with Gasteiger partial charge in [0.25, 0.3) is 0 Å². The average Bonchev–Trinajstić information content (AvgIpc) is 3.08. The maximum Gasteiger partial charge on any atom is 0.321 e. The van der Waals surface area contributed by atoms with Gasteiger partial charge in [0.1, 0.15) is 0 Å². The minimum absolute atomic E-state index is 0.115. The summed E-state index contributed by atoms with van der Waals surface area (Å²) < 4.78 is 0.